The van der Waals surface area contributed by atoms with Gasteiger partial charge in [-0.05, 0) is 17.7 Å². The van der Waals surface area contributed by atoms with Gasteiger partial charge in [0.1, 0.15) is 5.82 Å². The second kappa shape index (κ2) is 7.19. The Hall–Kier alpha value is -2.12. The number of nitrogens with one attached hydrogen (secondary N) is 1. The topological polar surface area (TPSA) is 65.5 Å². The SMILES string of the molecule is CS(=O)(=O)Nc1ccc(N2CCN(Cc3ccccc3)CC2)nc1. The van der Waals surface area contributed by atoms with Gasteiger partial charge in [-0.3, -0.25) is 9.62 Å². The number of sulfonamides is 1. The first-order valence-electron chi connectivity index (χ1n) is 7.95. The molecular formula is C17H22N4O2S. The molecule has 0 spiro atoms. The molecule has 0 bridgehead atoms. The number of anilines is 2. The molecule has 1 N–H and O–H groups in total. The van der Waals surface area contributed by atoms with Crippen LogP contribution in [0.4, 0.5) is 11.5 Å². The number of aromatic nitrogens is 1. The Morgan fingerprint density at radius 2 is 1.75 bits per heavy atom. The van der Waals surface area contributed by atoms with Gasteiger partial charge >= 0.3 is 0 Å². The van der Waals surface area contributed by atoms with E-state index in [1.54, 1.807) is 12.3 Å². The number of rotatable bonds is 5. The molecule has 1 aromatic heterocycles. The minimum absolute atomic E-state index is 0.490. The summed E-state index contributed by atoms with van der Waals surface area (Å²) in [6.45, 7) is 4.77. The zero-order valence-corrected chi connectivity index (χ0v) is 14.5. The maximum Gasteiger partial charge on any atom is 0.229 e. The van der Waals surface area contributed by atoms with Gasteiger partial charge in [0.2, 0.25) is 10.0 Å². The number of pyridine rings is 1. The molecule has 1 aromatic carbocycles. The summed E-state index contributed by atoms with van der Waals surface area (Å²) in [6, 6.07) is 14.1. The Morgan fingerprint density at radius 1 is 1.04 bits per heavy atom. The predicted molar refractivity (Wildman–Crippen MR) is 96.6 cm³/mol. The van der Waals surface area contributed by atoms with E-state index in [1.807, 2.05) is 12.1 Å². The van der Waals surface area contributed by atoms with E-state index in [2.05, 4.69) is 43.8 Å². The maximum atomic E-state index is 11.2. The molecule has 0 unspecified atom stereocenters. The van der Waals surface area contributed by atoms with Crippen molar-refractivity contribution in [3.05, 3.63) is 54.2 Å². The minimum atomic E-state index is -3.26. The van der Waals surface area contributed by atoms with Gasteiger partial charge in [0.05, 0.1) is 18.1 Å². The zero-order chi connectivity index (χ0) is 17.0. The molecule has 0 atom stereocenters. The van der Waals surface area contributed by atoms with Crippen LogP contribution in [0.25, 0.3) is 0 Å². The van der Waals surface area contributed by atoms with Crippen molar-refractivity contribution in [1.29, 1.82) is 0 Å². The van der Waals surface area contributed by atoms with Crippen LogP contribution in [0.1, 0.15) is 5.56 Å². The molecule has 2 heterocycles. The van der Waals surface area contributed by atoms with Gasteiger partial charge in [-0.2, -0.15) is 0 Å². The van der Waals surface area contributed by atoms with E-state index in [-0.39, 0.29) is 0 Å². The van der Waals surface area contributed by atoms with E-state index in [4.69, 9.17) is 0 Å². The number of benzene rings is 1. The molecule has 1 aliphatic heterocycles. The fourth-order valence-corrected chi connectivity index (χ4v) is 3.37. The van der Waals surface area contributed by atoms with Crippen molar-refractivity contribution in [2.24, 2.45) is 0 Å². The third-order valence-corrected chi connectivity index (χ3v) is 4.60. The molecule has 3 rings (SSSR count). The second-order valence-corrected chi connectivity index (χ2v) is 7.78. The summed E-state index contributed by atoms with van der Waals surface area (Å²) >= 11 is 0. The maximum absolute atomic E-state index is 11.2. The fourth-order valence-electron chi connectivity index (χ4n) is 2.82. The van der Waals surface area contributed by atoms with Crippen molar-refractivity contribution < 1.29 is 8.42 Å². The molecule has 0 amide bonds. The highest BCUT2D eigenvalue weighted by Crippen LogP contribution is 2.17. The molecule has 1 saturated heterocycles. The molecule has 0 saturated carbocycles. The summed E-state index contributed by atoms with van der Waals surface area (Å²) in [4.78, 5) is 9.04. The van der Waals surface area contributed by atoms with Crippen molar-refractivity contribution in [2.45, 2.75) is 6.54 Å². The summed E-state index contributed by atoms with van der Waals surface area (Å²) < 4.78 is 24.9. The summed E-state index contributed by atoms with van der Waals surface area (Å²) in [7, 11) is -3.26. The lowest BCUT2D eigenvalue weighted by Gasteiger charge is -2.35. The second-order valence-electron chi connectivity index (χ2n) is 6.03. The Labute approximate surface area is 143 Å². The van der Waals surface area contributed by atoms with Crippen molar-refractivity contribution in [3.8, 4) is 0 Å². The summed E-state index contributed by atoms with van der Waals surface area (Å²) in [5.74, 6) is 0.883. The van der Waals surface area contributed by atoms with Gasteiger partial charge in [0.25, 0.3) is 0 Å². The third kappa shape index (κ3) is 4.69. The lowest BCUT2D eigenvalue weighted by Crippen LogP contribution is -2.46. The summed E-state index contributed by atoms with van der Waals surface area (Å²) in [6.07, 6.45) is 2.69. The van der Waals surface area contributed by atoms with Gasteiger partial charge in [0, 0.05) is 32.7 Å². The molecular weight excluding hydrogens is 324 g/mol. The monoisotopic (exact) mass is 346 g/mol. The highest BCUT2D eigenvalue weighted by atomic mass is 32.2. The van der Waals surface area contributed by atoms with Crippen molar-refractivity contribution >= 4 is 21.5 Å². The van der Waals surface area contributed by atoms with Crippen molar-refractivity contribution in [2.75, 3.05) is 42.1 Å². The third-order valence-electron chi connectivity index (χ3n) is 4.00. The van der Waals surface area contributed by atoms with E-state index < -0.39 is 10.0 Å². The van der Waals surface area contributed by atoms with E-state index in [0.29, 0.717) is 5.69 Å². The number of hydrogen-bond donors (Lipinski definition) is 1. The Kier molecular flexibility index (Phi) is 5.01. The molecule has 1 fully saturated rings. The summed E-state index contributed by atoms with van der Waals surface area (Å²) in [5, 5.41) is 0. The van der Waals surface area contributed by atoms with Crippen LogP contribution >= 0.6 is 0 Å². The smallest absolute Gasteiger partial charge is 0.229 e. The Balaban J connectivity index is 1.54. The highest BCUT2D eigenvalue weighted by molar-refractivity contribution is 7.92. The van der Waals surface area contributed by atoms with Gasteiger partial charge in [-0.15, -0.1) is 0 Å². The lowest BCUT2D eigenvalue weighted by molar-refractivity contribution is 0.249. The summed E-state index contributed by atoms with van der Waals surface area (Å²) in [5.41, 5.74) is 1.82. The van der Waals surface area contributed by atoms with Gasteiger partial charge in [-0.1, -0.05) is 30.3 Å². The molecule has 6 nitrogen and oxygen atoms in total. The molecule has 24 heavy (non-hydrogen) atoms. The first-order chi connectivity index (χ1) is 11.5. The first kappa shape index (κ1) is 16.7. The molecule has 0 radical (unpaired) electrons. The standard InChI is InChI=1S/C17H22N4O2S/c1-24(22,23)19-16-7-8-17(18-13-16)21-11-9-20(10-12-21)14-15-5-3-2-4-6-15/h2-8,13,19H,9-12,14H2,1H3. The average molecular weight is 346 g/mol. The Morgan fingerprint density at radius 3 is 2.33 bits per heavy atom. The van der Waals surface area contributed by atoms with Crippen LogP contribution in [0.15, 0.2) is 48.7 Å². The van der Waals surface area contributed by atoms with Gasteiger partial charge < -0.3 is 4.90 Å². The van der Waals surface area contributed by atoms with Crippen LogP contribution in [-0.4, -0.2) is 50.7 Å². The first-order valence-corrected chi connectivity index (χ1v) is 9.84. The van der Waals surface area contributed by atoms with Crippen LogP contribution in [0.2, 0.25) is 0 Å². The molecule has 128 valence electrons. The predicted octanol–water partition coefficient (Wildman–Crippen LogP) is 1.78. The average Bonchev–Trinajstić information content (AvgIpc) is 2.56. The minimum Gasteiger partial charge on any atom is -0.354 e. The Bertz CT molecular complexity index is 755. The van der Waals surface area contributed by atoms with E-state index in [0.717, 1.165) is 44.8 Å². The lowest BCUT2D eigenvalue weighted by atomic mass is 10.2. The van der Waals surface area contributed by atoms with Crippen LogP contribution in [0, 0.1) is 0 Å². The molecule has 0 aliphatic carbocycles. The fraction of sp³-hybridized carbons (Fsp3) is 0.353. The van der Waals surface area contributed by atoms with Crippen LogP contribution in [0.5, 0.6) is 0 Å². The van der Waals surface area contributed by atoms with E-state index >= 15 is 0 Å². The van der Waals surface area contributed by atoms with Crippen LogP contribution < -0.4 is 9.62 Å². The quantitative estimate of drug-likeness (QED) is 0.894. The van der Waals surface area contributed by atoms with Gasteiger partial charge in [0.15, 0.2) is 0 Å². The largest absolute Gasteiger partial charge is 0.354 e. The van der Waals surface area contributed by atoms with E-state index in [9.17, 15) is 8.42 Å². The molecule has 2 aromatic rings. The van der Waals surface area contributed by atoms with Crippen LogP contribution in [-0.2, 0) is 16.6 Å². The van der Waals surface area contributed by atoms with E-state index in [1.165, 1.54) is 5.56 Å². The molecule has 7 heteroatoms. The number of nitrogens with zero attached hydrogens (tertiary/aromatic N) is 3. The normalized spacial score (nSPS) is 16.1. The van der Waals surface area contributed by atoms with Crippen molar-refractivity contribution in [3.63, 3.8) is 0 Å². The highest BCUT2D eigenvalue weighted by Gasteiger charge is 2.18. The van der Waals surface area contributed by atoms with Gasteiger partial charge in [-0.25, -0.2) is 13.4 Å². The number of piperazine rings is 1. The number of hydrogen-bond acceptors (Lipinski definition) is 5. The molecule has 1 aliphatic rings. The zero-order valence-electron chi connectivity index (χ0n) is 13.7. The van der Waals surface area contributed by atoms with Crippen LogP contribution in [0.3, 0.4) is 0 Å². The van der Waals surface area contributed by atoms with Crippen molar-refractivity contribution in [1.82, 2.24) is 9.88 Å².